The van der Waals surface area contributed by atoms with E-state index >= 15 is 0 Å². The summed E-state index contributed by atoms with van der Waals surface area (Å²) in [4.78, 5) is 41.5. The molecule has 4 N–H and O–H groups in total. The second-order valence-electron chi connectivity index (χ2n) is 9.78. The van der Waals surface area contributed by atoms with Crippen LogP contribution in [0.4, 0.5) is 4.79 Å². The number of nitrogens with zero attached hydrogens (tertiary/aromatic N) is 3. The summed E-state index contributed by atoms with van der Waals surface area (Å²) in [7, 11) is 3.65. The average molecular weight is 516 g/mol. The first-order valence-corrected chi connectivity index (χ1v) is 12.6. The summed E-state index contributed by atoms with van der Waals surface area (Å²) >= 11 is 0. The molecule has 0 saturated carbocycles. The van der Waals surface area contributed by atoms with Gasteiger partial charge in [0.2, 0.25) is 0 Å². The van der Waals surface area contributed by atoms with Crippen LogP contribution in [0.15, 0.2) is 42.5 Å². The number of hydrogen-bond acceptors (Lipinski definition) is 5. The normalized spacial score (nSPS) is 19.8. The molecule has 2 aromatic rings. The molecule has 3 aliphatic heterocycles. The van der Waals surface area contributed by atoms with Gasteiger partial charge in [-0.15, -0.1) is 0 Å². The third kappa shape index (κ3) is 5.19. The number of rotatable bonds is 5. The maximum atomic E-state index is 13.1. The smallest absolute Gasteiger partial charge is 0.322 e. The Morgan fingerprint density at radius 2 is 1.97 bits per heavy atom. The van der Waals surface area contributed by atoms with E-state index in [2.05, 4.69) is 39.0 Å². The van der Waals surface area contributed by atoms with Gasteiger partial charge in [0.1, 0.15) is 11.8 Å². The Morgan fingerprint density at radius 3 is 2.68 bits per heavy atom. The first kappa shape index (κ1) is 25.3. The second kappa shape index (κ2) is 10.6. The molecule has 3 aliphatic rings. The molecule has 0 aromatic heterocycles. The third-order valence-electron chi connectivity index (χ3n) is 7.23. The van der Waals surface area contributed by atoms with Crippen molar-refractivity contribution in [2.24, 2.45) is 11.7 Å². The van der Waals surface area contributed by atoms with E-state index in [1.165, 1.54) is 0 Å². The monoisotopic (exact) mass is 515 g/mol. The number of carbonyl (C=O) groups is 3. The lowest BCUT2D eigenvalue weighted by Gasteiger charge is -2.23. The predicted molar refractivity (Wildman–Crippen MR) is 141 cm³/mol. The number of amidine groups is 1. The molecule has 10 heteroatoms. The van der Waals surface area contributed by atoms with Crippen LogP contribution in [-0.2, 0) is 11.3 Å². The maximum Gasteiger partial charge on any atom is 0.322 e. The molecular formula is C28H31N6O4+. The number of likely N-dealkylation sites (N-methyl/N-ethyl adjacent to an activating group) is 1. The number of urea groups is 1. The lowest BCUT2D eigenvalue weighted by molar-refractivity contribution is -0.539. The van der Waals surface area contributed by atoms with E-state index in [0.717, 1.165) is 42.9 Å². The van der Waals surface area contributed by atoms with Gasteiger partial charge in [0.15, 0.2) is 0 Å². The van der Waals surface area contributed by atoms with E-state index in [4.69, 9.17) is 10.5 Å². The van der Waals surface area contributed by atoms with E-state index in [9.17, 15) is 14.4 Å². The molecule has 0 radical (unpaired) electrons. The van der Waals surface area contributed by atoms with Crippen LogP contribution in [0.25, 0.3) is 0 Å². The summed E-state index contributed by atoms with van der Waals surface area (Å²) < 4.78 is 7.43. The van der Waals surface area contributed by atoms with E-state index < -0.39 is 23.9 Å². The minimum absolute atomic E-state index is 0.160. The highest BCUT2D eigenvalue weighted by Crippen LogP contribution is 2.28. The largest absolute Gasteiger partial charge is 0.497 e. The fourth-order valence-corrected chi connectivity index (χ4v) is 4.96. The number of ether oxygens (including phenoxy) is 1. The van der Waals surface area contributed by atoms with Crippen molar-refractivity contribution in [2.45, 2.75) is 12.6 Å². The Hall–Kier alpha value is -4.36. The Labute approximate surface area is 221 Å². The van der Waals surface area contributed by atoms with Crippen LogP contribution in [0.1, 0.15) is 27.0 Å². The fourth-order valence-electron chi connectivity index (χ4n) is 4.96. The molecule has 0 spiro atoms. The standard InChI is InChI=1S/C28H30N6O4/c1-32-10-12-33(13-11-32)25(29)19-5-3-4-18(14-19)6-7-21(24-26(35)31-28(37)30-24)17-34-16-20-8-9-22(38-2)15-23(20)27(34)36/h3-5,8-9,14-15,21,24,29H,10-13,16-17H2,1-2H3,(H2,30,31,35,37)/p+1/t21-,24?/m1/s1. The van der Waals surface area contributed by atoms with Gasteiger partial charge < -0.3 is 15.0 Å². The van der Waals surface area contributed by atoms with Crippen molar-refractivity contribution in [3.05, 3.63) is 64.7 Å². The van der Waals surface area contributed by atoms with Gasteiger partial charge in [0.05, 0.1) is 31.7 Å². The minimum atomic E-state index is -0.869. The Bertz CT molecular complexity index is 1380. The molecule has 2 atom stereocenters. The molecule has 196 valence electrons. The molecule has 10 nitrogen and oxygen atoms in total. The Kier molecular flexibility index (Phi) is 7.03. The van der Waals surface area contributed by atoms with Crippen molar-refractivity contribution in [2.75, 3.05) is 46.9 Å². The van der Waals surface area contributed by atoms with Crippen molar-refractivity contribution >= 4 is 23.7 Å². The van der Waals surface area contributed by atoms with Crippen molar-refractivity contribution in [1.29, 1.82) is 0 Å². The van der Waals surface area contributed by atoms with Gasteiger partial charge in [-0.3, -0.25) is 30.1 Å². The first-order chi connectivity index (χ1) is 18.3. The lowest BCUT2D eigenvalue weighted by Crippen LogP contribution is -2.44. The summed E-state index contributed by atoms with van der Waals surface area (Å²) in [5.74, 6) is 6.39. The van der Waals surface area contributed by atoms with Crippen LogP contribution in [-0.4, -0.2) is 91.0 Å². The fraction of sp³-hybridized carbons (Fsp3) is 0.357. The summed E-state index contributed by atoms with van der Waals surface area (Å²) in [6.45, 7) is 4.18. The second-order valence-corrected chi connectivity index (χ2v) is 9.78. The number of imide groups is 1. The molecule has 4 amide bonds. The van der Waals surface area contributed by atoms with Gasteiger partial charge in [-0.25, -0.2) is 4.79 Å². The Balaban J connectivity index is 1.39. The molecule has 2 aromatic carbocycles. The predicted octanol–water partition coefficient (Wildman–Crippen LogP) is 0.190. The van der Waals surface area contributed by atoms with Crippen molar-refractivity contribution in [1.82, 2.24) is 20.4 Å². The summed E-state index contributed by atoms with van der Waals surface area (Å²) in [5.41, 5.74) is 9.54. The highest BCUT2D eigenvalue weighted by atomic mass is 16.5. The van der Waals surface area contributed by atoms with Crippen molar-refractivity contribution in [3.63, 3.8) is 0 Å². The SMILES string of the molecule is COc1ccc2c(c1)C(=O)N(C[C@@H](C#Cc1cccc(C(N)=[N+]3CCN(C)CC3)c1)C1NC(=O)NC1=O)C2. The quantitative estimate of drug-likeness (QED) is 0.226. The van der Waals surface area contributed by atoms with Gasteiger partial charge in [-0.2, -0.15) is 0 Å². The van der Waals surface area contributed by atoms with Crippen LogP contribution >= 0.6 is 0 Å². The number of methoxy groups -OCH3 is 1. The van der Waals surface area contributed by atoms with Crippen molar-refractivity contribution in [3.8, 4) is 17.6 Å². The summed E-state index contributed by atoms with van der Waals surface area (Å²) in [6.07, 6.45) is 0. The average Bonchev–Trinajstić information content (AvgIpc) is 3.43. The summed E-state index contributed by atoms with van der Waals surface area (Å²) in [5, 5.41) is 4.92. The first-order valence-electron chi connectivity index (χ1n) is 12.6. The zero-order chi connectivity index (χ0) is 26.8. The van der Waals surface area contributed by atoms with Crippen LogP contribution in [0, 0.1) is 17.8 Å². The highest BCUT2D eigenvalue weighted by molar-refractivity contribution is 6.04. The molecule has 0 bridgehead atoms. The molecule has 38 heavy (non-hydrogen) atoms. The molecule has 5 rings (SSSR count). The molecule has 0 aliphatic carbocycles. The third-order valence-corrected chi connectivity index (χ3v) is 7.23. The van der Waals surface area contributed by atoms with Crippen LogP contribution in [0.3, 0.4) is 0 Å². The zero-order valence-electron chi connectivity index (χ0n) is 21.5. The van der Waals surface area contributed by atoms with Crippen LogP contribution < -0.4 is 21.1 Å². The molecule has 2 fully saturated rings. The Morgan fingerprint density at radius 1 is 1.18 bits per heavy atom. The highest BCUT2D eigenvalue weighted by Gasteiger charge is 2.38. The molecular weight excluding hydrogens is 484 g/mol. The molecule has 3 heterocycles. The van der Waals surface area contributed by atoms with E-state index in [1.807, 2.05) is 36.4 Å². The number of carbonyl (C=O) groups excluding carboxylic acids is 3. The van der Waals surface area contributed by atoms with Crippen molar-refractivity contribution < 1.29 is 23.7 Å². The van der Waals surface area contributed by atoms with Gasteiger partial charge >= 0.3 is 6.03 Å². The lowest BCUT2D eigenvalue weighted by atomic mass is 9.98. The van der Waals surface area contributed by atoms with Gasteiger partial charge in [-0.1, -0.05) is 24.0 Å². The number of fused-ring (bicyclic) bond motifs is 1. The van der Waals surface area contributed by atoms with Gasteiger partial charge in [-0.05, 0) is 42.9 Å². The number of benzene rings is 2. The van der Waals surface area contributed by atoms with Crippen LogP contribution in [0.5, 0.6) is 5.75 Å². The van der Waals surface area contributed by atoms with Gasteiger partial charge in [0, 0.05) is 37.3 Å². The maximum absolute atomic E-state index is 13.1. The zero-order valence-corrected chi connectivity index (χ0v) is 21.5. The topological polar surface area (TPSA) is 120 Å². The molecule has 1 unspecified atom stereocenters. The van der Waals surface area contributed by atoms with Gasteiger partial charge in [0.25, 0.3) is 17.6 Å². The number of hydrogen-bond donors (Lipinski definition) is 3. The minimum Gasteiger partial charge on any atom is -0.497 e. The number of nitrogens with two attached hydrogens (primary N) is 1. The number of piperazine rings is 1. The van der Waals surface area contributed by atoms with E-state index in [-0.39, 0.29) is 12.5 Å². The number of amides is 4. The molecule has 2 saturated heterocycles. The number of nitrogens with one attached hydrogen (secondary N) is 2. The summed E-state index contributed by atoms with van der Waals surface area (Å²) in [6, 6.07) is 11.6. The van der Waals surface area contributed by atoms with E-state index in [0.29, 0.717) is 23.7 Å². The van der Waals surface area contributed by atoms with E-state index in [1.54, 1.807) is 18.1 Å². The van der Waals surface area contributed by atoms with Crippen LogP contribution in [0.2, 0.25) is 0 Å².